The summed E-state index contributed by atoms with van der Waals surface area (Å²) in [4.78, 5) is 18.0. The van der Waals surface area contributed by atoms with Crippen molar-refractivity contribution < 1.29 is 9.18 Å². The van der Waals surface area contributed by atoms with Crippen LogP contribution >= 0.6 is 0 Å². The molecule has 2 aromatic rings. The molecule has 0 bridgehead atoms. The molecule has 0 aliphatic heterocycles. The van der Waals surface area contributed by atoms with Gasteiger partial charge in [0.25, 0.3) is 5.91 Å². The molecule has 0 spiro atoms. The van der Waals surface area contributed by atoms with Gasteiger partial charge in [0.2, 0.25) is 0 Å². The van der Waals surface area contributed by atoms with Gasteiger partial charge >= 0.3 is 0 Å². The Hall–Kier alpha value is -2.43. The lowest BCUT2D eigenvalue weighted by atomic mass is 10.2. The number of aromatic nitrogens is 1. The Morgan fingerprint density at radius 2 is 1.95 bits per heavy atom. The van der Waals surface area contributed by atoms with E-state index in [1.54, 1.807) is 35.4 Å². The van der Waals surface area contributed by atoms with Crippen molar-refractivity contribution in [3.63, 3.8) is 0 Å². The van der Waals surface area contributed by atoms with Crippen LogP contribution < -0.4 is 10.2 Å². The molecule has 0 fully saturated rings. The molecule has 98 valence electrons. The van der Waals surface area contributed by atoms with Crippen LogP contribution in [0.25, 0.3) is 0 Å². The van der Waals surface area contributed by atoms with Crippen LogP contribution in [0.4, 0.5) is 15.9 Å². The zero-order valence-electron chi connectivity index (χ0n) is 10.7. The molecule has 1 aromatic heterocycles. The van der Waals surface area contributed by atoms with E-state index in [1.807, 2.05) is 14.1 Å². The highest BCUT2D eigenvalue weighted by atomic mass is 19.1. The van der Waals surface area contributed by atoms with Crippen LogP contribution in [0.5, 0.6) is 0 Å². The van der Waals surface area contributed by atoms with Gasteiger partial charge in [-0.3, -0.25) is 4.79 Å². The smallest absolute Gasteiger partial charge is 0.258 e. The number of rotatable bonds is 3. The minimum absolute atomic E-state index is 0.0102. The topological polar surface area (TPSA) is 45.2 Å². The van der Waals surface area contributed by atoms with Crippen LogP contribution in [0.1, 0.15) is 10.4 Å². The third-order valence-corrected chi connectivity index (χ3v) is 2.58. The molecule has 1 amide bonds. The maximum absolute atomic E-state index is 13.5. The lowest BCUT2D eigenvalue weighted by Crippen LogP contribution is -2.18. The van der Waals surface area contributed by atoms with Gasteiger partial charge in [-0.1, -0.05) is 12.1 Å². The lowest BCUT2D eigenvalue weighted by molar-refractivity contribution is 0.102. The normalized spacial score (nSPS) is 10.1. The summed E-state index contributed by atoms with van der Waals surface area (Å²) in [7, 11) is 3.64. The standard InChI is InChI=1S/C14H14FN3O/c1-18(2)13-12(8-5-9-16-13)17-14(19)10-6-3-4-7-11(10)15/h3-9H,1-2H3,(H,17,19). The van der Waals surface area contributed by atoms with Crippen molar-refractivity contribution in [3.8, 4) is 0 Å². The molecule has 1 aromatic carbocycles. The fraction of sp³-hybridized carbons (Fsp3) is 0.143. The van der Waals surface area contributed by atoms with E-state index in [2.05, 4.69) is 10.3 Å². The van der Waals surface area contributed by atoms with Crippen molar-refractivity contribution in [2.45, 2.75) is 0 Å². The van der Waals surface area contributed by atoms with Gasteiger partial charge in [0.1, 0.15) is 5.82 Å². The number of nitrogens with zero attached hydrogens (tertiary/aromatic N) is 2. The van der Waals surface area contributed by atoms with E-state index >= 15 is 0 Å². The van der Waals surface area contributed by atoms with Gasteiger partial charge in [0.15, 0.2) is 5.82 Å². The van der Waals surface area contributed by atoms with Crippen LogP contribution in [0, 0.1) is 5.82 Å². The van der Waals surface area contributed by atoms with Crippen LogP contribution in [-0.4, -0.2) is 25.0 Å². The monoisotopic (exact) mass is 259 g/mol. The molecule has 0 aliphatic rings. The van der Waals surface area contributed by atoms with Crippen LogP contribution in [0.2, 0.25) is 0 Å². The van der Waals surface area contributed by atoms with Gasteiger partial charge < -0.3 is 10.2 Å². The second-order valence-corrected chi connectivity index (χ2v) is 4.20. The Morgan fingerprint density at radius 1 is 1.21 bits per heavy atom. The highest BCUT2D eigenvalue weighted by molar-refractivity contribution is 6.05. The van der Waals surface area contributed by atoms with Gasteiger partial charge in [-0.2, -0.15) is 0 Å². The van der Waals surface area contributed by atoms with Crippen LogP contribution in [0.3, 0.4) is 0 Å². The zero-order chi connectivity index (χ0) is 13.8. The first-order chi connectivity index (χ1) is 9.09. The van der Waals surface area contributed by atoms with E-state index in [0.29, 0.717) is 11.5 Å². The quantitative estimate of drug-likeness (QED) is 0.921. The fourth-order valence-corrected chi connectivity index (χ4v) is 1.69. The molecule has 0 saturated heterocycles. The third kappa shape index (κ3) is 2.88. The molecule has 0 saturated carbocycles. The highest BCUT2D eigenvalue weighted by Crippen LogP contribution is 2.21. The maximum Gasteiger partial charge on any atom is 0.258 e. The first-order valence-electron chi connectivity index (χ1n) is 5.78. The van der Waals surface area contributed by atoms with Crippen molar-refractivity contribution in [2.24, 2.45) is 0 Å². The number of hydrogen-bond donors (Lipinski definition) is 1. The molecule has 19 heavy (non-hydrogen) atoms. The Morgan fingerprint density at radius 3 is 2.63 bits per heavy atom. The predicted molar refractivity (Wildman–Crippen MR) is 72.9 cm³/mol. The molecule has 0 aliphatic carbocycles. The number of pyridine rings is 1. The Bertz CT molecular complexity index is 599. The molecule has 5 heteroatoms. The SMILES string of the molecule is CN(C)c1ncccc1NC(=O)c1ccccc1F. The number of nitrogens with one attached hydrogen (secondary N) is 1. The molecule has 1 N–H and O–H groups in total. The van der Waals surface area contributed by atoms with Crippen LogP contribution in [-0.2, 0) is 0 Å². The molecule has 0 radical (unpaired) electrons. The maximum atomic E-state index is 13.5. The van der Waals surface area contributed by atoms with Crippen molar-refractivity contribution in [1.82, 2.24) is 4.98 Å². The van der Waals surface area contributed by atoms with Crippen LogP contribution in [0.15, 0.2) is 42.6 Å². The lowest BCUT2D eigenvalue weighted by Gasteiger charge is -2.16. The summed E-state index contributed by atoms with van der Waals surface area (Å²) < 4.78 is 13.5. The number of carbonyl (C=O) groups is 1. The van der Waals surface area contributed by atoms with E-state index in [9.17, 15) is 9.18 Å². The summed E-state index contributed by atoms with van der Waals surface area (Å²) >= 11 is 0. The van der Waals surface area contributed by atoms with Crippen molar-refractivity contribution in [2.75, 3.05) is 24.3 Å². The Kier molecular flexibility index (Phi) is 3.75. The first-order valence-corrected chi connectivity index (χ1v) is 5.78. The summed E-state index contributed by atoms with van der Waals surface area (Å²) in [6.07, 6.45) is 1.63. The molecule has 4 nitrogen and oxygen atoms in total. The van der Waals surface area contributed by atoms with E-state index < -0.39 is 11.7 Å². The number of amides is 1. The largest absolute Gasteiger partial charge is 0.361 e. The van der Waals surface area contributed by atoms with Crippen molar-refractivity contribution >= 4 is 17.4 Å². The van der Waals surface area contributed by atoms with E-state index in [-0.39, 0.29) is 5.56 Å². The molecule has 0 atom stereocenters. The van der Waals surface area contributed by atoms with Gasteiger partial charge in [0, 0.05) is 20.3 Å². The molecule has 0 unspecified atom stereocenters. The number of hydrogen-bond acceptors (Lipinski definition) is 3. The third-order valence-electron chi connectivity index (χ3n) is 2.58. The molecule has 1 heterocycles. The minimum atomic E-state index is -0.546. The van der Waals surface area contributed by atoms with E-state index in [0.717, 1.165) is 0 Å². The van der Waals surface area contributed by atoms with Gasteiger partial charge in [-0.25, -0.2) is 9.37 Å². The molecular formula is C14H14FN3O. The molecule has 2 rings (SSSR count). The second-order valence-electron chi connectivity index (χ2n) is 4.20. The second kappa shape index (κ2) is 5.48. The average Bonchev–Trinajstić information content (AvgIpc) is 2.39. The van der Waals surface area contributed by atoms with Gasteiger partial charge in [-0.15, -0.1) is 0 Å². The Balaban J connectivity index is 2.27. The number of carbonyl (C=O) groups excluding carboxylic acids is 1. The fourth-order valence-electron chi connectivity index (χ4n) is 1.69. The summed E-state index contributed by atoms with van der Waals surface area (Å²) in [5.41, 5.74) is 0.553. The van der Waals surface area contributed by atoms with Crippen molar-refractivity contribution in [3.05, 3.63) is 54.0 Å². The van der Waals surface area contributed by atoms with Gasteiger partial charge in [-0.05, 0) is 24.3 Å². The summed E-state index contributed by atoms with van der Waals surface area (Å²) in [5, 5.41) is 2.67. The number of halogens is 1. The first kappa shape index (κ1) is 13.0. The molecular weight excluding hydrogens is 245 g/mol. The van der Waals surface area contributed by atoms with E-state index in [4.69, 9.17) is 0 Å². The number of anilines is 2. The van der Waals surface area contributed by atoms with E-state index in [1.165, 1.54) is 12.1 Å². The summed E-state index contributed by atoms with van der Waals surface area (Å²) in [6, 6.07) is 9.29. The summed E-state index contributed by atoms with van der Waals surface area (Å²) in [5.74, 6) is -0.420. The predicted octanol–water partition coefficient (Wildman–Crippen LogP) is 2.54. The minimum Gasteiger partial charge on any atom is -0.361 e. The van der Waals surface area contributed by atoms with Gasteiger partial charge in [0.05, 0.1) is 11.3 Å². The number of benzene rings is 1. The highest BCUT2D eigenvalue weighted by Gasteiger charge is 2.13. The average molecular weight is 259 g/mol. The Labute approximate surface area is 110 Å². The van der Waals surface area contributed by atoms with Crippen molar-refractivity contribution in [1.29, 1.82) is 0 Å². The zero-order valence-corrected chi connectivity index (χ0v) is 10.7. The summed E-state index contributed by atoms with van der Waals surface area (Å²) in [6.45, 7) is 0.